The topological polar surface area (TPSA) is 91.8 Å². The van der Waals surface area contributed by atoms with Crippen molar-refractivity contribution in [2.24, 2.45) is 0 Å². The number of rotatable bonds is 8. The third-order valence-corrected chi connectivity index (χ3v) is 6.27. The lowest BCUT2D eigenvalue weighted by atomic mass is 10.2. The zero-order chi connectivity index (χ0) is 24.8. The maximum absolute atomic E-state index is 12.5. The van der Waals surface area contributed by atoms with E-state index < -0.39 is 0 Å². The predicted octanol–water partition coefficient (Wildman–Crippen LogP) is 6.67. The molecule has 0 aliphatic carbocycles. The number of hydrogen-bond acceptors (Lipinski definition) is 7. The molecular formula is C26H25ClN6OS. The van der Waals surface area contributed by atoms with Crippen molar-refractivity contribution in [3.05, 3.63) is 88.4 Å². The van der Waals surface area contributed by atoms with Gasteiger partial charge in [-0.05, 0) is 62.7 Å². The molecule has 0 spiro atoms. The van der Waals surface area contributed by atoms with E-state index in [0.29, 0.717) is 27.8 Å². The van der Waals surface area contributed by atoms with Gasteiger partial charge < -0.3 is 16.0 Å². The lowest BCUT2D eigenvalue weighted by Gasteiger charge is -2.11. The van der Waals surface area contributed by atoms with E-state index in [2.05, 4.69) is 30.9 Å². The van der Waals surface area contributed by atoms with Crippen molar-refractivity contribution in [3.8, 4) is 0 Å². The molecular weight excluding hydrogens is 480 g/mol. The fraction of sp³-hybridized carbons (Fsp3) is 0.154. The zero-order valence-electron chi connectivity index (χ0n) is 19.6. The number of carbonyl (C=O) groups is 1. The van der Waals surface area contributed by atoms with Crippen LogP contribution in [-0.4, -0.2) is 26.6 Å². The van der Waals surface area contributed by atoms with Gasteiger partial charge in [0, 0.05) is 22.1 Å². The Bertz CT molecular complexity index is 1260. The summed E-state index contributed by atoms with van der Waals surface area (Å²) in [5.74, 6) is 0.707. The van der Waals surface area contributed by atoms with Gasteiger partial charge in [0.15, 0.2) is 5.16 Å². The Morgan fingerprint density at radius 3 is 1.80 bits per heavy atom. The second kappa shape index (κ2) is 11.2. The van der Waals surface area contributed by atoms with Crippen LogP contribution in [0.15, 0.2) is 71.9 Å². The fourth-order valence-electron chi connectivity index (χ4n) is 3.06. The Balaban J connectivity index is 1.50. The summed E-state index contributed by atoms with van der Waals surface area (Å²) >= 11 is 7.38. The Kier molecular flexibility index (Phi) is 7.84. The van der Waals surface area contributed by atoms with Crippen LogP contribution in [0.5, 0.6) is 0 Å². The van der Waals surface area contributed by atoms with Crippen molar-refractivity contribution in [1.82, 2.24) is 15.0 Å². The van der Waals surface area contributed by atoms with Crippen molar-refractivity contribution >= 4 is 58.2 Å². The zero-order valence-corrected chi connectivity index (χ0v) is 21.2. The number of aryl methyl sites for hydroxylation is 3. The first-order valence-corrected chi connectivity index (χ1v) is 12.3. The third-order valence-electron chi connectivity index (χ3n) is 5.02. The summed E-state index contributed by atoms with van der Waals surface area (Å²) in [4.78, 5) is 26.0. The van der Waals surface area contributed by atoms with Crippen LogP contribution >= 0.6 is 23.4 Å². The van der Waals surface area contributed by atoms with Gasteiger partial charge in [-0.15, -0.1) is 0 Å². The van der Waals surface area contributed by atoms with E-state index >= 15 is 0 Å². The maximum atomic E-state index is 12.5. The molecule has 178 valence electrons. The maximum Gasteiger partial charge on any atom is 0.234 e. The highest BCUT2D eigenvalue weighted by atomic mass is 35.5. The van der Waals surface area contributed by atoms with Gasteiger partial charge in [-0.3, -0.25) is 4.79 Å². The molecule has 0 atom stereocenters. The number of nitrogens with one attached hydrogen (secondary N) is 3. The number of anilines is 5. The Morgan fingerprint density at radius 2 is 1.29 bits per heavy atom. The lowest BCUT2D eigenvalue weighted by molar-refractivity contribution is -0.113. The standard InChI is InChI=1S/C26H25ClN6OS/c1-16-4-9-19(10-5-16)29-24-31-25(30-20-11-6-17(2)7-12-20)33-26(32-24)35-15-23(34)28-21-13-8-18(3)22(27)14-21/h4-14H,15H2,1-3H3,(H,28,34)(H2,29,30,31,32,33). The molecule has 1 amide bonds. The van der Waals surface area contributed by atoms with Crippen molar-refractivity contribution in [2.45, 2.75) is 25.9 Å². The summed E-state index contributed by atoms with van der Waals surface area (Å²) in [7, 11) is 0. The minimum Gasteiger partial charge on any atom is -0.325 e. The molecule has 0 radical (unpaired) electrons. The number of nitrogens with zero attached hydrogens (tertiary/aromatic N) is 3. The fourth-order valence-corrected chi connectivity index (χ4v) is 3.88. The van der Waals surface area contributed by atoms with Crippen LogP contribution in [0.4, 0.5) is 29.0 Å². The van der Waals surface area contributed by atoms with Crippen molar-refractivity contribution < 1.29 is 4.79 Å². The highest BCUT2D eigenvalue weighted by Gasteiger charge is 2.11. The number of hydrogen-bond donors (Lipinski definition) is 3. The van der Waals surface area contributed by atoms with Gasteiger partial charge in [-0.1, -0.05) is 64.8 Å². The van der Waals surface area contributed by atoms with Gasteiger partial charge >= 0.3 is 0 Å². The van der Waals surface area contributed by atoms with Crippen LogP contribution in [0.1, 0.15) is 16.7 Å². The van der Waals surface area contributed by atoms with E-state index in [0.717, 1.165) is 28.1 Å². The molecule has 35 heavy (non-hydrogen) atoms. The molecule has 4 rings (SSSR count). The first kappa shape index (κ1) is 24.5. The summed E-state index contributed by atoms with van der Waals surface area (Å²) in [6, 6.07) is 21.3. The predicted molar refractivity (Wildman–Crippen MR) is 144 cm³/mol. The van der Waals surface area contributed by atoms with Crippen LogP contribution < -0.4 is 16.0 Å². The normalized spacial score (nSPS) is 10.6. The van der Waals surface area contributed by atoms with Crippen LogP contribution in [0.3, 0.4) is 0 Å². The second-order valence-corrected chi connectivity index (χ2v) is 9.40. The van der Waals surface area contributed by atoms with Crippen molar-refractivity contribution in [2.75, 3.05) is 21.7 Å². The minimum atomic E-state index is -0.184. The van der Waals surface area contributed by atoms with E-state index in [9.17, 15) is 4.79 Å². The molecule has 0 unspecified atom stereocenters. The average molecular weight is 505 g/mol. The number of thioether (sulfide) groups is 1. The van der Waals surface area contributed by atoms with E-state index in [1.54, 1.807) is 6.07 Å². The summed E-state index contributed by atoms with van der Waals surface area (Å²) in [6.45, 7) is 5.97. The van der Waals surface area contributed by atoms with Crippen molar-refractivity contribution in [1.29, 1.82) is 0 Å². The molecule has 0 saturated carbocycles. The van der Waals surface area contributed by atoms with Gasteiger partial charge in [0.1, 0.15) is 0 Å². The van der Waals surface area contributed by atoms with Gasteiger partial charge in [0.25, 0.3) is 0 Å². The molecule has 1 heterocycles. The number of benzene rings is 3. The van der Waals surface area contributed by atoms with Gasteiger partial charge in [0.2, 0.25) is 17.8 Å². The van der Waals surface area contributed by atoms with E-state index in [1.807, 2.05) is 81.4 Å². The monoisotopic (exact) mass is 504 g/mol. The lowest BCUT2D eigenvalue weighted by Crippen LogP contribution is -2.14. The first-order valence-electron chi connectivity index (χ1n) is 11.0. The molecule has 3 N–H and O–H groups in total. The van der Waals surface area contributed by atoms with Gasteiger partial charge in [0.05, 0.1) is 5.75 Å². The molecule has 0 fully saturated rings. The molecule has 0 bridgehead atoms. The van der Waals surface area contributed by atoms with E-state index in [4.69, 9.17) is 11.6 Å². The van der Waals surface area contributed by atoms with Crippen LogP contribution in [-0.2, 0) is 4.79 Å². The summed E-state index contributed by atoms with van der Waals surface area (Å²) < 4.78 is 0. The molecule has 4 aromatic rings. The summed E-state index contributed by atoms with van der Waals surface area (Å²) in [5.41, 5.74) is 5.62. The number of aromatic nitrogens is 3. The molecule has 1 aromatic heterocycles. The van der Waals surface area contributed by atoms with Crippen LogP contribution in [0, 0.1) is 20.8 Å². The summed E-state index contributed by atoms with van der Waals surface area (Å²) in [5, 5.41) is 10.3. The Hall–Kier alpha value is -3.62. The van der Waals surface area contributed by atoms with Gasteiger partial charge in [-0.2, -0.15) is 15.0 Å². The third kappa shape index (κ3) is 7.18. The highest BCUT2D eigenvalue weighted by molar-refractivity contribution is 7.99. The van der Waals surface area contributed by atoms with Crippen LogP contribution in [0.2, 0.25) is 5.02 Å². The first-order chi connectivity index (χ1) is 16.8. The molecule has 0 aliphatic heterocycles. The average Bonchev–Trinajstić information content (AvgIpc) is 2.83. The molecule has 9 heteroatoms. The molecule has 0 aliphatic rings. The largest absolute Gasteiger partial charge is 0.325 e. The quantitative estimate of drug-likeness (QED) is 0.231. The molecule has 3 aromatic carbocycles. The Labute approximate surface area is 213 Å². The molecule has 0 saturated heterocycles. The number of carbonyl (C=O) groups excluding carboxylic acids is 1. The van der Waals surface area contributed by atoms with Crippen LogP contribution in [0.25, 0.3) is 0 Å². The van der Waals surface area contributed by atoms with Crippen molar-refractivity contribution in [3.63, 3.8) is 0 Å². The number of amides is 1. The Morgan fingerprint density at radius 1 is 0.771 bits per heavy atom. The SMILES string of the molecule is Cc1ccc(Nc2nc(Nc3ccc(C)cc3)nc(SCC(=O)Nc3ccc(C)c(Cl)c3)n2)cc1. The second-order valence-electron chi connectivity index (χ2n) is 8.05. The van der Waals surface area contributed by atoms with Gasteiger partial charge in [-0.25, -0.2) is 0 Å². The summed E-state index contributed by atoms with van der Waals surface area (Å²) in [6.07, 6.45) is 0. The molecule has 7 nitrogen and oxygen atoms in total. The van der Waals surface area contributed by atoms with E-state index in [1.165, 1.54) is 11.8 Å². The number of halogens is 1. The minimum absolute atomic E-state index is 0.128. The smallest absolute Gasteiger partial charge is 0.234 e. The van der Waals surface area contributed by atoms with E-state index in [-0.39, 0.29) is 11.7 Å². The highest BCUT2D eigenvalue weighted by Crippen LogP contribution is 2.23.